The summed E-state index contributed by atoms with van der Waals surface area (Å²) in [6, 6.07) is 1.96. The van der Waals surface area contributed by atoms with Crippen LogP contribution < -0.4 is 0 Å². The van der Waals surface area contributed by atoms with E-state index in [0.717, 1.165) is 44.1 Å². The van der Waals surface area contributed by atoms with Gasteiger partial charge in [0.2, 0.25) is 0 Å². The van der Waals surface area contributed by atoms with Crippen molar-refractivity contribution >= 4 is 10.4 Å². The second-order valence-corrected chi connectivity index (χ2v) is 11.9. The van der Waals surface area contributed by atoms with Crippen molar-refractivity contribution in [1.82, 2.24) is 0 Å². The first kappa shape index (κ1) is 24.5. The van der Waals surface area contributed by atoms with Gasteiger partial charge >= 0.3 is 10.4 Å². The van der Waals surface area contributed by atoms with Crippen LogP contribution in [0.15, 0.2) is 34.7 Å². The number of aryl methyl sites for hydroxylation is 1. The van der Waals surface area contributed by atoms with Crippen molar-refractivity contribution < 1.29 is 21.6 Å². The van der Waals surface area contributed by atoms with Crippen LogP contribution in [0, 0.1) is 28.6 Å². The molecule has 31 heavy (non-hydrogen) atoms. The highest BCUT2D eigenvalue weighted by atomic mass is 32.3. The van der Waals surface area contributed by atoms with E-state index in [0.29, 0.717) is 17.3 Å². The Hall–Kier alpha value is -1.11. The Balaban J connectivity index is 1.67. The molecule has 5 nitrogen and oxygen atoms in total. The number of allylic oxidation sites excluding steroid dienone is 2. The van der Waals surface area contributed by atoms with Crippen molar-refractivity contribution in [3.63, 3.8) is 0 Å². The predicted molar refractivity (Wildman–Crippen MR) is 123 cm³/mol. The molecule has 1 aromatic rings. The normalized spacial score (nSPS) is 29.3. The molecule has 0 bridgehead atoms. The second kappa shape index (κ2) is 9.80. The molecule has 6 heteroatoms. The maximum atomic E-state index is 11.2. The van der Waals surface area contributed by atoms with Gasteiger partial charge in [-0.15, -0.1) is 0 Å². The lowest BCUT2D eigenvalue weighted by molar-refractivity contribution is 0.0728. The standard InChI is InChI=1S/C25H40O5S/c1-19-10-11-22-23(9-6-14-24(22,2)3)25(19,4)15-12-20(18-30-31(26,27)28)7-5-8-21-13-16-29-17-21/h9,13,16-17,19-20,22H,5-8,10-12,14-15,18H2,1-4H3,(H,26,27,28). The Labute approximate surface area is 188 Å². The van der Waals surface area contributed by atoms with Crippen LogP contribution in [0.5, 0.6) is 0 Å². The van der Waals surface area contributed by atoms with E-state index in [-0.39, 0.29) is 17.9 Å². The van der Waals surface area contributed by atoms with Gasteiger partial charge in [0, 0.05) is 0 Å². The maximum Gasteiger partial charge on any atom is 0.397 e. The van der Waals surface area contributed by atoms with E-state index in [9.17, 15) is 8.42 Å². The molecule has 0 aliphatic heterocycles. The zero-order valence-electron chi connectivity index (χ0n) is 19.6. The summed E-state index contributed by atoms with van der Waals surface area (Å²) in [5, 5.41) is 0. The fourth-order valence-electron chi connectivity index (χ4n) is 5.95. The van der Waals surface area contributed by atoms with Gasteiger partial charge in [0.05, 0.1) is 19.1 Å². The SMILES string of the molecule is CC1CCC2C(=CCCC2(C)C)C1(C)CCC(CCCc1ccoc1)COS(=O)(=O)O. The van der Waals surface area contributed by atoms with Gasteiger partial charge in [-0.3, -0.25) is 4.55 Å². The molecular formula is C25H40O5S. The molecule has 1 heterocycles. The van der Waals surface area contributed by atoms with Crippen molar-refractivity contribution in [3.05, 3.63) is 35.8 Å². The molecule has 4 unspecified atom stereocenters. The third-order valence-electron chi connectivity index (χ3n) is 8.29. The minimum absolute atomic E-state index is 0.0443. The number of hydrogen-bond donors (Lipinski definition) is 1. The van der Waals surface area contributed by atoms with Crippen molar-refractivity contribution in [2.75, 3.05) is 6.61 Å². The molecule has 0 radical (unpaired) electrons. The van der Waals surface area contributed by atoms with Crippen molar-refractivity contribution in [1.29, 1.82) is 0 Å². The Kier molecular flexibility index (Phi) is 7.75. The number of rotatable bonds is 10. The van der Waals surface area contributed by atoms with Gasteiger partial charge in [-0.2, -0.15) is 8.42 Å². The summed E-state index contributed by atoms with van der Waals surface area (Å²) in [7, 11) is -4.42. The van der Waals surface area contributed by atoms with E-state index in [1.165, 1.54) is 19.3 Å². The van der Waals surface area contributed by atoms with E-state index < -0.39 is 10.4 Å². The summed E-state index contributed by atoms with van der Waals surface area (Å²) in [6.07, 6.45) is 15.5. The van der Waals surface area contributed by atoms with E-state index in [1.54, 1.807) is 18.1 Å². The number of hydrogen-bond acceptors (Lipinski definition) is 4. The molecule has 2 aliphatic rings. The lowest BCUT2D eigenvalue weighted by Crippen LogP contribution is -2.43. The van der Waals surface area contributed by atoms with Gasteiger partial charge in [-0.1, -0.05) is 39.3 Å². The summed E-state index contributed by atoms with van der Waals surface area (Å²) in [4.78, 5) is 0. The molecule has 3 rings (SSSR count). The van der Waals surface area contributed by atoms with Gasteiger partial charge < -0.3 is 4.42 Å². The van der Waals surface area contributed by atoms with Gasteiger partial charge in [-0.25, -0.2) is 4.18 Å². The Bertz CT molecular complexity index is 839. The highest BCUT2D eigenvalue weighted by Crippen LogP contribution is 2.58. The quantitative estimate of drug-likeness (QED) is 0.319. The first-order valence-corrected chi connectivity index (χ1v) is 13.2. The molecule has 1 saturated carbocycles. The number of fused-ring (bicyclic) bond motifs is 1. The van der Waals surface area contributed by atoms with Gasteiger partial charge in [0.15, 0.2) is 0 Å². The van der Waals surface area contributed by atoms with E-state index >= 15 is 0 Å². The molecule has 0 amide bonds. The van der Waals surface area contributed by atoms with Crippen LogP contribution in [0.4, 0.5) is 0 Å². The van der Waals surface area contributed by atoms with Crippen LogP contribution in [0.3, 0.4) is 0 Å². The third kappa shape index (κ3) is 6.23. The lowest BCUT2D eigenvalue weighted by atomic mass is 9.52. The van der Waals surface area contributed by atoms with E-state index in [4.69, 9.17) is 13.2 Å². The Morgan fingerprint density at radius 1 is 1.26 bits per heavy atom. The van der Waals surface area contributed by atoms with Crippen molar-refractivity contribution in [2.24, 2.45) is 28.6 Å². The van der Waals surface area contributed by atoms with Gasteiger partial charge in [0.25, 0.3) is 0 Å². The molecule has 4 atom stereocenters. The van der Waals surface area contributed by atoms with Gasteiger partial charge in [-0.05, 0) is 98.0 Å². The minimum Gasteiger partial charge on any atom is -0.472 e. The molecule has 0 spiro atoms. The largest absolute Gasteiger partial charge is 0.472 e. The topological polar surface area (TPSA) is 76.7 Å². The van der Waals surface area contributed by atoms with Crippen LogP contribution in [0.2, 0.25) is 0 Å². The molecule has 1 fully saturated rings. The monoisotopic (exact) mass is 452 g/mol. The first-order valence-electron chi connectivity index (χ1n) is 11.8. The van der Waals surface area contributed by atoms with E-state index in [2.05, 4.69) is 33.8 Å². The number of furan rings is 1. The van der Waals surface area contributed by atoms with E-state index in [1.807, 2.05) is 6.07 Å². The molecule has 0 aromatic carbocycles. The Morgan fingerprint density at radius 3 is 2.71 bits per heavy atom. The van der Waals surface area contributed by atoms with Crippen molar-refractivity contribution in [3.8, 4) is 0 Å². The smallest absolute Gasteiger partial charge is 0.397 e. The third-order valence-corrected chi connectivity index (χ3v) is 8.72. The highest BCUT2D eigenvalue weighted by Gasteiger charge is 2.47. The van der Waals surface area contributed by atoms with Crippen LogP contribution in [0.1, 0.15) is 84.6 Å². The summed E-state index contributed by atoms with van der Waals surface area (Å²) < 4.78 is 41.4. The zero-order chi connectivity index (χ0) is 22.7. The lowest BCUT2D eigenvalue weighted by Gasteiger charge is -2.53. The molecule has 0 saturated heterocycles. The summed E-state index contributed by atoms with van der Waals surface area (Å²) >= 11 is 0. The Morgan fingerprint density at radius 2 is 2.03 bits per heavy atom. The van der Waals surface area contributed by atoms with Crippen LogP contribution >= 0.6 is 0 Å². The highest BCUT2D eigenvalue weighted by molar-refractivity contribution is 7.80. The van der Waals surface area contributed by atoms with Crippen LogP contribution in [0.25, 0.3) is 0 Å². The molecular weight excluding hydrogens is 412 g/mol. The fourth-order valence-corrected chi connectivity index (χ4v) is 6.32. The molecule has 1 aromatic heterocycles. The minimum atomic E-state index is -4.42. The fraction of sp³-hybridized carbons (Fsp3) is 0.760. The summed E-state index contributed by atoms with van der Waals surface area (Å²) in [6.45, 7) is 9.67. The van der Waals surface area contributed by atoms with Gasteiger partial charge in [0.1, 0.15) is 0 Å². The summed E-state index contributed by atoms with van der Waals surface area (Å²) in [5.41, 5.74) is 3.28. The molecule has 2 aliphatic carbocycles. The maximum absolute atomic E-state index is 11.2. The second-order valence-electron chi connectivity index (χ2n) is 10.8. The average Bonchev–Trinajstić information content (AvgIpc) is 3.19. The van der Waals surface area contributed by atoms with Crippen molar-refractivity contribution in [2.45, 2.75) is 85.5 Å². The molecule has 176 valence electrons. The predicted octanol–water partition coefficient (Wildman–Crippen LogP) is 6.62. The van der Waals surface area contributed by atoms with Crippen LogP contribution in [-0.4, -0.2) is 19.6 Å². The average molecular weight is 453 g/mol. The first-order chi connectivity index (χ1) is 14.5. The summed E-state index contributed by atoms with van der Waals surface area (Å²) in [5.74, 6) is 1.35. The molecule has 1 N–H and O–H groups in total. The van der Waals surface area contributed by atoms with Crippen LogP contribution in [-0.2, 0) is 21.0 Å². The zero-order valence-corrected chi connectivity index (χ0v) is 20.4.